The lowest BCUT2D eigenvalue weighted by molar-refractivity contribution is 0.0748. The van der Waals surface area contributed by atoms with Crippen LogP contribution in [0.15, 0.2) is 88.6 Å². The fourth-order valence-electron chi connectivity index (χ4n) is 4.33. The highest BCUT2D eigenvalue weighted by Gasteiger charge is 2.42. The molecular weight excluding hydrogens is 450 g/mol. The summed E-state index contributed by atoms with van der Waals surface area (Å²) >= 11 is 6.29. The third-order valence-electron chi connectivity index (χ3n) is 5.99. The van der Waals surface area contributed by atoms with Crippen molar-refractivity contribution in [1.29, 1.82) is 0 Å². The van der Waals surface area contributed by atoms with Crippen molar-refractivity contribution >= 4 is 28.5 Å². The van der Waals surface area contributed by atoms with E-state index in [1.54, 1.807) is 23.1 Å². The highest BCUT2D eigenvalue weighted by Crippen LogP contribution is 2.39. The lowest BCUT2D eigenvalue weighted by Gasteiger charge is -2.24. The molecule has 2 heterocycles. The van der Waals surface area contributed by atoms with E-state index >= 15 is 0 Å². The van der Waals surface area contributed by atoms with Gasteiger partial charge < -0.3 is 14.1 Å². The number of aryl methyl sites for hydroxylation is 1. The zero-order valence-corrected chi connectivity index (χ0v) is 19.3. The number of carbonyl (C=O) groups excluding carboxylic acids is 1. The second-order valence-corrected chi connectivity index (χ2v) is 8.67. The van der Waals surface area contributed by atoms with Crippen molar-refractivity contribution < 1.29 is 13.9 Å². The van der Waals surface area contributed by atoms with Gasteiger partial charge in [0.25, 0.3) is 5.91 Å². The van der Waals surface area contributed by atoms with Crippen LogP contribution in [0.4, 0.5) is 0 Å². The molecule has 5 nitrogen and oxygen atoms in total. The van der Waals surface area contributed by atoms with Crippen LogP contribution in [-0.2, 0) is 6.61 Å². The van der Waals surface area contributed by atoms with Gasteiger partial charge in [0.1, 0.15) is 17.9 Å². The van der Waals surface area contributed by atoms with E-state index in [-0.39, 0.29) is 23.6 Å². The van der Waals surface area contributed by atoms with E-state index in [0.717, 1.165) is 16.7 Å². The first-order valence-corrected chi connectivity index (χ1v) is 11.3. The Hall–Kier alpha value is -3.83. The molecule has 34 heavy (non-hydrogen) atoms. The monoisotopic (exact) mass is 471 g/mol. The second-order valence-electron chi connectivity index (χ2n) is 8.27. The molecule has 5 rings (SSSR count). The van der Waals surface area contributed by atoms with Crippen LogP contribution in [0.1, 0.15) is 38.9 Å². The van der Waals surface area contributed by atoms with Gasteiger partial charge >= 0.3 is 0 Å². The summed E-state index contributed by atoms with van der Waals surface area (Å²) in [7, 11) is 0. The van der Waals surface area contributed by atoms with E-state index < -0.39 is 6.04 Å². The summed E-state index contributed by atoms with van der Waals surface area (Å²) in [5.41, 5.74) is 2.95. The number of amides is 1. The van der Waals surface area contributed by atoms with Crippen LogP contribution in [-0.4, -0.2) is 17.4 Å². The molecule has 6 heteroatoms. The van der Waals surface area contributed by atoms with Gasteiger partial charge in [-0.2, -0.15) is 0 Å². The van der Waals surface area contributed by atoms with E-state index in [1.807, 2.05) is 61.5 Å². The average Bonchev–Trinajstić information content (AvgIpc) is 3.12. The van der Waals surface area contributed by atoms with Gasteiger partial charge in [-0.25, -0.2) is 0 Å². The van der Waals surface area contributed by atoms with Crippen LogP contribution in [0, 0.1) is 6.92 Å². The Labute approximate surface area is 201 Å². The first-order chi connectivity index (χ1) is 16.5. The second kappa shape index (κ2) is 8.84. The molecule has 4 aromatic rings. The van der Waals surface area contributed by atoms with Crippen molar-refractivity contribution in [3.63, 3.8) is 0 Å². The predicted octanol–water partition coefficient (Wildman–Crippen LogP) is 6.07. The number of halogens is 1. The predicted molar refractivity (Wildman–Crippen MR) is 133 cm³/mol. The number of hydrogen-bond donors (Lipinski definition) is 0. The number of ether oxygens (including phenoxy) is 1. The SMILES string of the molecule is C=CCN1C(=O)c2oc3cc(C)c(Cl)cc3c(=O)c2C1c1cccc(OCc2ccccc2)c1. The number of nitrogens with zero attached hydrogens (tertiary/aromatic N) is 1. The van der Waals surface area contributed by atoms with Gasteiger partial charge in [-0.3, -0.25) is 9.59 Å². The minimum atomic E-state index is -0.624. The Morgan fingerprint density at radius 3 is 2.65 bits per heavy atom. The topological polar surface area (TPSA) is 59.8 Å². The Morgan fingerprint density at radius 1 is 1.09 bits per heavy atom. The van der Waals surface area contributed by atoms with Crippen LogP contribution >= 0.6 is 11.6 Å². The summed E-state index contributed by atoms with van der Waals surface area (Å²) < 4.78 is 12.0. The minimum absolute atomic E-state index is 0.0571. The van der Waals surface area contributed by atoms with E-state index in [0.29, 0.717) is 33.9 Å². The van der Waals surface area contributed by atoms with Crippen LogP contribution in [0.2, 0.25) is 5.02 Å². The van der Waals surface area contributed by atoms with Crippen LogP contribution in [0.5, 0.6) is 5.75 Å². The van der Waals surface area contributed by atoms with Gasteiger partial charge in [-0.15, -0.1) is 6.58 Å². The number of fused-ring (bicyclic) bond motifs is 2. The summed E-state index contributed by atoms with van der Waals surface area (Å²) in [6, 6.07) is 20.0. The number of rotatable bonds is 6. The highest BCUT2D eigenvalue weighted by molar-refractivity contribution is 6.32. The van der Waals surface area contributed by atoms with Crippen molar-refractivity contribution in [3.05, 3.63) is 123 Å². The standard InChI is InChI=1S/C28H22ClNO4/c1-3-12-30-25(19-10-7-11-20(14-19)33-16-18-8-5-4-6-9-18)24-26(31)21-15-22(29)17(2)13-23(21)34-27(24)28(30)32/h3-11,13-15,25H,1,12,16H2,2H3. The van der Waals surface area contributed by atoms with Crippen LogP contribution in [0.3, 0.4) is 0 Å². The molecule has 0 spiro atoms. The van der Waals surface area contributed by atoms with Crippen LogP contribution < -0.4 is 10.2 Å². The Morgan fingerprint density at radius 2 is 1.88 bits per heavy atom. The Kier molecular flexibility index (Phi) is 5.72. The van der Waals surface area contributed by atoms with E-state index in [2.05, 4.69) is 6.58 Å². The van der Waals surface area contributed by atoms with Crippen molar-refractivity contribution in [2.45, 2.75) is 19.6 Å². The molecule has 0 aliphatic carbocycles. The summed E-state index contributed by atoms with van der Waals surface area (Å²) in [5.74, 6) is 0.355. The lowest BCUT2D eigenvalue weighted by Crippen LogP contribution is -2.29. The first-order valence-electron chi connectivity index (χ1n) is 10.9. The first kappa shape index (κ1) is 22.0. The van der Waals surface area contributed by atoms with Crippen molar-refractivity contribution in [1.82, 2.24) is 4.90 Å². The molecule has 3 aromatic carbocycles. The largest absolute Gasteiger partial charge is 0.489 e. The van der Waals surface area contributed by atoms with Gasteiger partial charge in [-0.05, 0) is 47.9 Å². The fraction of sp³-hybridized carbons (Fsp3) is 0.143. The summed E-state index contributed by atoms with van der Waals surface area (Å²) in [6.07, 6.45) is 1.64. The zero-order valence-electron chi connectivity index (χ0n) is 18.6. The van der Waals surface area contributed by atoms with Crippen molar-refractivity contribution in [3.8, 4) is 5.75 Å². The minimum Gasteiger partial charge on any atom is -0.489 e. The molecule has 1 atom stereocenters. The third kappa shape index (κ3) is 3.78. The van der Waals surface area contributed by atoms with Gasteiger partial charge in [0.15, 0.2) is 5.43 Å². The number of carbonyl (C=O) groups is 1. The number of benzene rings is 3. The van der Waals surface area contributed by atoms with E-state index in [9.17, 15) is 9.59 Å². The average molecular weight is 472 g/mol. The molecule has 1 aromatic heterocycles. The zero-order chi connectivity index (χ0) is 23.8. The summed E-state index contributed by atoms with van der Waals surface area (Å²) in [5, 5.41) is 0.823. The molecule has 0 saturated carbocycles. The summed E-state index contributed by atoms with van der Waals surface area (Å²) in [4.78, 5) is 28.5. The van der Waals surface area contributed by atoms with Gasteiger partial charge in [0.2, 0.25) is 5.76 Å². The maximum atomic E-state index is 13.6. The van der Waals surface area contributed by atoms with Crippen molar-refractivity contribution in [2.75, 3.05) is 6.54 Å². The molecule has 0 N–H and O–H groups in total. The summed E-state index contributed by atoms with van der Waals surface area (Å²) in [6.45, 7) is 6.28. The molecule has 1 aliphatic rings. The Balaban J connectivity index is 1.60. The Bertz CT molecular complexity index is 1480. The molecule has 0 radical (unpaired) electrons. The molecule has 0 saturated heterocycles. The quantitative estimate of drug-likeness (QED) is 0.320. The van der Waals surface area contributed by atoms with E-state index in [4.69, 9.17) is 20.8 Å². The molecular formula is C28H22ClNO4. The molecule has 0 fully saturated rings. The molecule has 0 bridgehead atoms. The normalized spacial score (nSPS) is 14.9. The fourth-order valence-corrected chi connectivity index (χ4v) is 4.49. The molecule has 1 aliphatic heterocycles. The van der Waals surface area contributed by atoms with Crippen LogP contribution in [0.25, 0.3) is 11.0 Å². The molecule has 1 unspecified atom stereocenters. The lowest BCUT2D eigenvalue weighted by atomic mass is 9.98. The maximum Gasteiger partial charge on any atom is 0.291 e. The maximum absolute atomic E-state index is 13.6. The van der Waals surface area contributed by atoms with E-state index in [1.165, 1.54) is 0 Å². The van der Waals surface area contributed by atoms with Gasteiger partial charge in [-0.1, -0.05) is 60.1 Å². The van der Waals surface area contributed by atoms with Crippen molar-refractivity contribution in [2.24, 2.45) is 0 Å². The van der Waals surface area contributed by atoms with Gasteiger partial charge in [0.05, 0.1) is 17.0 Å². The van der Waals surface area contributed by atoms with Gasteiger partial charge in [0, 0.05) is 11.6 Å². The smallest absolute Gasteiger partial charge is 0.291 e. The molecule has 170 valence electrons. The third-order valence-corrected chi connectivity index (χ3v) is 6.40. The molecule has 1 amide bonds. The highest BCUT2D eigenvalue weighted by atomic mass is 35.5. The number of hydrogen-bond acceptors (Lipinski definition) is 4.